The van der Waals surface area contributed by atoms with E-state index < -0.39 is 17.7 Å². The van der Waals surface area contributed by atoms with Crippen LogP contribution in [0.4, 0.5) is 8.78 Å². The van der Waals surface area contributed by atoms with Crippen molar-refractivity contribution in [1.29, 1.82) is 5.41 Å². The highest BCUT2D eigenvalue weighted by Crippen LogP contribution is 2.21. The molecule has 0 fully saturated rings. The first-order valence-electron chi connectivity index (χ1n) is 4.98. The summed E-state index contributed by atoms with van der Waals surface area (Å²) in [5.41, 5.74) is 5.23. The molecular weight excluding hydrogens is 214 g/mol. The molecule has 0 spiro atoms. The first-order valence-corrected chi connectivity index (χ1v) is 4.98. The maximum absolute atomic E-state index is 13.3. The van der Waals surface area contributed by atoms with Gasteiger partial charge in [0, 0.05) is 6.42 Å². The summed E-state index contributed by atoms with van der Waals surface area (Å²) in [5, 5.41) is 7.12. The predicted octanol–water partition coefficient (Wildman–Crippen LogP) is 2.45. The van der Waals surface area contributed by atoms with Gasteiger partial charge in [0.25, 0.3) is 0 Å². The average molecular weight is 228 g/mol. The molecular formula is C11H14F2N2O. The average Bonchev–Trinajstić information content (AvgIpc) is 2.23. The normalized spacial score (nSPS) is 12.2. The second-order valence-electron chi connectivity index (χ2n) is 3.43. The molecule has 0 heterocycles. The van der Waals surface area contributed by atoms with E-state index >= 15 is 0 Å². The number of nitrogens with one attached hydrogen (secondary N) is 1. The molecule has 0 aliphatic heterocycles. The van der Waals surface area contributed by atoms with Gasteiger partial charge in [0.1, 0.15) is 6.10 Å². The molecule has 0 aromatic heterocycles. The number of hydrogen-bond acceptors (Lipinski definition) is 2. The Morgan fingerprint density at radius 3 is 2.75 bits per heavy atom. The van der Waals surface area contributed by atoms with E-state index in [4.69, 9.17) is 15.9 Å². The highest BCUT2D eigenvalue weighted by molar-refractivity contribution is 5.77. The molecule has 0 aliphatic carbocycles. The lowest BCUT2D eigenvalue weighted by molar-refractivity contribution is 0.193. The lowest BCUT2D eigenvalue weighted by Crippen LogP contribution is -2.24. The largest absolute Gasteiger partial charge is 0.487 e. The fourth-order valence-corrected chi connectivity index (χ4v) is 1.27. The molecule has 0 saturated heterocycles. The highest BCUT2D eigenvalue weighted by atomic mass is 19.2. The minimum Gasteiger partial charge on any atom is -0.487 e. The number of hydrogen-bond donors (Lipinski definition) is 2. The summed E-state index contributed by atoms with van der Waals surface area (Å²) in [6.45, 7) is 1.82. The van der Waals surface area contributed by atoms with Crippen LogP contribution in [0.3, 0.4) is 0 Å². The van der Waals surface area contributed by atoms with Crippen LogP contribution in [0.2, 0.25) is 0 Å². The van der Waals surface area contributed by atoms with Crippen LogP contribution in [-0.4, -0.2) is 11.9 Å². The van der Waals surface area contributed by atoms with Gasteiger partial charge < -0.3 is 10.5 Å². The number of nitrogens with two attached hydrogens (primary N) is 1. The van der Waals surface area contributed by atoms with E-state index in [9.17, 15) is 8.78 Å². The van der Waals surface area contributed by atoms with Gasteiger partial charge in [0.2, 0.25) is 5.82 Å². The van der Waals surface area contributed by atoms with Crippen LogP contribution in [0.25, 0.3) is 0 Å². The van der Waals surface area contributed by atoms with Gasteiger partial charge in [-0.05, 0) is 18.6 Å². The number of rotatable bonds is 5. The van der Waals surface area contributed by atoms with Crippen molar-refractivity contribution in [3.63, 3.8) is 0 Å². The Hall–Kier alpha value is -1.65. The van der Waals surface area contributed by atoms with E-state index in [1.807, 2.05) is 6.92 Å². The first-order chi connectivity index (χ1) is 7.54. The standard InChI is InChI=1S/C11H14F2N2O/c1-2-7(6-10(14)15)16-9-5-3-4-8(12)11(9)13/h3-5,7H,2,6H2,1H3,(H3,14,15). The molecule has 16 heavy (non-hydrogen) atoms. The summed E-state index contributed by atoms with van der Waals surface area (Å²) in [6, 6.07) is 3.74. The van der Waals surface area contributed by atoms with Crippen LogP contribution in [0.5, 0.6) is 5.75 Å². The van der Waals surface area contributed by atoms with E-state index in [1.54, 1.807) is 0 Å². The molecule has 5 heteroatoms. The SMILES string of the molecule is CCC(CC(=N)N)Oc1cccc(F)c1F. The predicted molar refractivity (Wildman–Crippen MR) is 57.6 cm³/mol. The summed E-state index contributed by atoms with van der Waals surface area (Å²) in [7, 11) is 0. The maximum atomic E-state index is 13.3. The fraction of sp³-hybridized carbons (Fsp3) is 0.364. The number of benzene rings is 1. The quantitative estimate of drug-likeness (QED) is 0.600. The van der Waals surface area contributed by atoms with Crippen molar-refractivity contribution in [3.05, 3.63) is 29.8 Å². The van der Waals surface area contributed by atoms with Crippen LogP contribution in [0.1, 0.15) is 19.8 Å². The molecule has 3 N–H and O–H groups in total. The summed E-state index contributed by atoms with van der Waals surface area (Å²) >= 11 is 0. The minimum atomic E-state index is -1.01. The molecule has 1 aromatic carbocycles. The summed E-state index contributed by atoms with van der Waals surface area (Å²) in [5.74, 6) is -2.14. The third kappa shape index (κ3) is 3.18. The zero-order valence-corrected chi connectivity index (χ0v) is 8.97. The monoisotopic (exact) mass is 228 g/mol. The second-order valence-corrected chi connectivity index (χ2v) is 3.43. The molecule has 1 rings (SSSR count). The third-order valence-electron chi connectivity index (χ3n) is 2.11. The Morgan fingerprint density at radius 1 is 1.50 bits per heavy atom. The second kappa shape index (κ2) is 5.44. The van der Waals surface area contributed by atoms with Gasteiger partial charge in [0.05, 0.1) is 5.84 Å². The van der Waals surface area contributed by atoms with Crippen molar-refractivity contribution in [1.82, 2.24) is 0 Å². The van der Waals surface area contributed by atoms with Crippen LogP contribution in [0, 0.1) is 17.0 Å². The minimum absolute atomic E-state index is 0.0383. The third-order valence-corrected chi connectivity index (χ3v) is 2.11. The molecule has 0 aliphatic rings. The van der Waals surface area contributed by atoms with Crippen molar-refractivity contribution in [3.8, 4) is 5.75 Å². The molecule has 0 bridgehead atoms. The van der Waals surface area contributed by atoms with E-state index in [2.05, 4.69) is 0 Å². The Balaban J connectivity index is 2.77. The lowest BCUT2D eigenvalue weighted by atomic mass is 10.2. The van der Waals surface area contributed by atoms with Gasteiger partial charge in [-0.2, -0.15) is 4.39 Å². The molecule has 3 nitrogen and oxygen atoms in total. The highest BCUT2D eigenvalue weighted by Gasteiger charge is 2.14. The summed E-state index contributed by atoms with van der Waals surface area (Å²) in [6.07, 6.45) is 0.357. The summed E-state index contributed by atoms with van der Waals surface area (Å²) < 4.78 is 31.4. The molecule has 1 unspecified atom stereocenters. The number of halogens is 2. The van der Waals surface area contributed by atoms with Gasteiger partial charge >= 0.3 is 0 Å². The van der Waals surface area contributed by atoms with Crippen LogP contribution >= 0.6 is 0 Å². The van der Waals surface area contributed by atoms with Crippen molar-refractivity contribution in [2.24, 2.45) is 5.73 Å². The fourth-order valence-electron chi connectivity index (χ4n) is 1.27. The van der Waals surface area contributed by atoms with Crippen LogP contribution < -0.4 is 10.5 Å². The van der Waals surface area contributed by atoms with Gasteiger partial charge in [-0.3, -0.25) is 5.41 Å². The molecule has 88 valence electrons. The number of amidine groups is 1. The van der Waals surface area contributed by atoms with E-state index in [-0.39, 0.29) is 18.0 Å². The molecule has 1 aromatic rings. The van der Waals surface area contributed by atoms with E-state index in [0.29, 0.717) is 6.42 Å². The van der Waals surface area contributed by atoms with E-state index in [0.717, 1.165) is 6.07 Å². The maximum Gasteiger partial charge on any atom is 0.200 e. The topological polar surface area (TPSA) is 59.1 Å². The summed E-state index contributed by atoms with van der Waals surface area (Å²) in [4.78, 5) is 0. The molecule has 0 saturated carbocycles. The smallest absolute Gasteiger partial charge is 0.200 e. The number of ether oxygens (including phenoxy) is 1. The van der Waals surface area contributed by atoms with Crippen LogP contribution in [-0.2, 0) is 0 Å². The van der Waals surface area contributed by atoms with E-state index in [1.165, 1.54) is 12.1 Å². The van der Waals surface area contributed by atoms with Gasteiger partial charge in [-0.1, -0.05) is 13.0 Å². The van der Waals surface area contributed by atoms with Gasteiger partial charge in [-0.25, -0.2) is 4.39 Å². The molecule has 1 atom stereocenters. The van der Waals surface area contributed by atoms with Gasteiger partial charge in [0.15, 0.2) is 11.6 Å². The molecule has 0 amide bonds. The van der Waals surface area contributed by atoms with Crippen molar-refractivity contribution in [2.45, 2.75) is 25.9 Å². The Bertz CT molecular complexity index is 382. The van der Waals surface area contributed by atoms with Crippen LogP contribution in [0.15, 0.2) is 18.2 Å². The van der Waals surface area contributed by atoms with Crippen molar-refractivity contribution in [2.75, 3.05) is 0 Å². The Labute approximate surface area is 92.7 Å². The molecule has 0 radical (unpaired) electrons. The Morgan fingerprint density at radius 2 is 2.19 bits per heavy atom. The van der Waals surface area contributed by atoms with Gasteiger partial charge in [-0.15, -0.1) is 0 Å². The van der Waals surface area contributed by atoms with Crippen molar-refractivity contribution >= 4 is 5.84 Å². The van der Waals surface area contributed by atoms with Crippen molar-refractivity contribution < 1.29 is 13.5 Å². The first kappa shape index (κ1) is 12.4. The Kier molecular flexibility index (Phi) is 4.22. The lowest BCUT2D eigenvalue weighted by Gasteiger charge is -2.17. The zero-order chi connectivity index (χ0) is 12.1. The zero-order valence-electron chi connectivity index (χ0n) is 8.97.